The Balaban J connectivity index is 1.83. The molecule has 2 amide bonds. The van der Waals surface area contributed by atoms with Gasteiger partial charge in [-0.3, -0.25) is 13.9 Å². The summed E-state index contributed by atoms with van der Waals surface area (Å²) in [4.78, 5) is 30.0. The Bertz CT molecular complexity index is 1740. The molecule has 1 N–H and O–H groups in total. The van der Waals surface area contributed by atoms with Crippen LogP contribution in [0.15, 0.2) is 106 Å². The second-order valence-electron chi connectivity index (χ2n) is 11.6. The summed E-state index contributed by atoms with van der Waals surface area (Å²) in [6, 6.07) is 28.0. The van der Waals surface area contributed by atoms with Crippen molar-refractivity contribution in [1.82, 2.24) is 10.2 Å². The van der Waals surface area contributed by atoms with Crippen LogP contribution in [0, 0.1) is 20.8 Å². The summed E-state index contributed by atoms with van der Waals surface area (Å²) >= 11 is 3.51. The standard InChI is InChI=1S/C36H40BrN3O4S/c1-25(2)38-36(42)34(22-29-10-7-6-8-11-29)39(23-30-12-9-13-31(37)21-30)35(41)24-40(33-19-16-27(4)20-28(33)5)45(43,44)32-17-14-26(3)15-18-32/h6-21,25,34H,22-24H2,1-5H3,(H,38,42)/t34-/m1/s1. The highest BCUT2D eigenvalue weighted by molar-refractivity contribution is 9.10. The topological polar surface area (TPSA) is 86.8 Å². The molecule has 4 aromatic carbocycles. The van der Waals surface area contributed by atoms with E-state index in [2.05, 4.69) is 21.2 Å². The summed E-state index contributed by atoms with van der Waals surface area (Å²) in [6.45, 7) is 9.00. The van der Waals surface area contributed by atoms with Crippen LogP contribution in [0.5, 0.6) is 0 Å². The van der Waals surface area contributed by atoms with Crippen LogP contribution in [-0.4, -0.2) is 43.8 Å². The molecule has 0 aromatic heterocycles. The van der Waals surface area contributed by atoms with Crippen molar-refractivity contribution in [2.45, 2.75) is 64.6 Å². The van der Waals surface area contributed by atoms with Gasteiger partial charge in [-0.2, -0.15) is 0 Å². The number of halogens is 1. The van der Waals surface area contributed by atoms with Crippen LogP contribution < -0.4 is 9.62 Å². The molecule has 4 rings (SSSR count). The lowest BCUT2D eigenvalue weighted by atomic mass is 10.0. The number of anilines is 1. The van der Waals surface area contributed by atoms with Crippen molar-refractivity contribution in [3.05, 3.63) is 129 Å². The van der Waals surface area contributed by atoms with Crippen LogP contribution in [0.4, 0.5) is 5.69 Å². The van der Waals surface area contributed by atoms with Gasteiger partial charge in [-0.15, -0.1) is 0 Å². The molecule has 0 heterocycles. The van der Waals surface area contributed by atoms with E-state index < -0.39 is 28.5 Å². The van der Waals surface area contributed by atoms with Crippen molar-refractivity contribution in [3.63, 3.8) is 0 Å². The minimum atomic E-state index is -4.16. The molecule has 0 aliphatic heterocycles. The van der Waals surface area contributed by atoms with Gasteiger partial charge in [0.1, 0.15) is 12.6 Å². The van der Waals surface area contributed by atoms with Crippen molar-refractivity contribution in [2.75, 3.05) is 10.8 Å². The Hall–Kier alpha value is -3.95. The van der Waals surface area contributed by atoms with E-state index in [0.29, 0.717) is 5.69 Å². The number of nitrogens with zero attached hydrogens (tertiary/aromatic N) is 2. The van der Waals surface area contributed by atoms with Crippen molar-refractivity contribution < 1.29 is 18.0 Å². The third kappa shape index (κ3) is 8.83. The van der Waals surface area contributed by atoms with Crippen molar-refractivity contribution in [3.8, 4) is 0 Å². The molecule has 45 heavy (non-hydrogen) atoms. The molecule has 0 spiro atoms. The van der Waals surface area contributed by atoms with Gasteiger partial charge in [0, 0.05) is 23.5 Å². The smallest absolute Gasteiger partial charge is 0.264 e. The fraction of sp³-hybridized carbons (Fsp3) is 0.278. The highest BCUT2D eigenvalue weighted by Gasteiger charge is 2.35. The number of nitrogens with one attached hydrogen (secondary N) is 1. The summed E-state index contributed by atoms with van der Waals surface area (Å²) in [6.07, 6.45) is 0.257. The predicted molar refractivity (Wildman–Crippen MR) is 184 cm³/mol. The van der Waals surface area contributed by atoms with Gasteiger partial charge in [-0.25, -0.2) is 8.42 Å². The largest absolute Gasteiger partial charge is 0.352 e. The quantitative estimate of drug-likeness (QED) is 0.179. The molecular weight excluding hydrogens is 650 g/mol. The summed E-state index contributed by atoms with van der Waals surface area (Å²) in [5.74, 6) is -0.804. The van der Waals surface area contributed by atoms with Gasteiger partial charge in [-0.05, 0) is 81.6 Å². The van der Waals surface area contributed by atoms with Gasteiger partial charge in [-0.1, -0.05) is 93.8 Å². The molecule has 7 nitrogen and oxygen atoms in total. The van der Waals surface area contributed by atoms with Gasteiger partial charge in [0.05, 0.1) is 10.6 Å². The maximum Gasteiger partial charge on any atom is 0.264 e. The van der Waals surface area contributed by atoms with Crippen LogP contribution in [0.3, 0.4) is 0 Å². The molecule has 0 bridgehead atoms. The molecule has 0 unspecified atom stereocenters. The number of hydrogen-bond acceptors (Lipinski definition) is 4. The predicted octanol–water partition coefficient (Wildman–Crippen LogP) is 6.73. The SMILES string of the molecule is Cc1ccc(S(=O)(=O)N(CC(=O)N(Cc2cccc(Br)c2)[C@H](Cc2ccccc2)C(=O)NC(C)C)c2ccc(C)cc2C)cc1. The average molecular weight is 691 g/mol. The van der Waals surface area contributed by atoms with E-state index in [-0.39, 0.29) is 29.8 Å². The second kappa shape index (κ2) is 14.9. The molecule has 1 atom stereocenters. The van der Waals surface area contributed by atoms with Crippen LogP contribution >= 0.6 is 15.9 Å². The first-order valence-corrected chi connectivity index (χ1v) is 17.1. The zero-order valence-corrected chi connectivity index (χ0v) is 28.7. The summed E-state index contributed by atoms with van der Waals surface area (Å²) in [7, 11) is -4.16. The average Bonchev–Trinajstić information content (AvgIpc) is 2.98. The van der Waals surface area contributed by atoms with E-state index in [1.807, 2.05) is 101 Å². The highest BCUT2D eigenvalue weighted by Crippen LogP contribution is 2.29. The Morgan fingerprint density at radius 2 is 1.44 bits per heavy atom. The number of aryl methyl sites for hydroxylation is 3. The molecule has 0 radical (unpaired) electrons. The molecular formula is C36H40BrN3O4S. The van der Waals surface area contributed by atoms with E-state index in [4.69, 9.17) is 0 Å². The lowest BCUT2D eigenvalue weighted by Crippen LogP contribution is -2.54. The number of rotatable bonds is 12. The molecule has 0 saturated heterocycles. The number of carbonyl (C=O) groups is 2. The van der Waals surface area contributed by atoms with Gasteiger partial charge in [0.15, 0.2) is 0 Å². The van der Waals surface area contributed by atoms with Gasteiger partial charge < -0.3 is 10.2 Å². The van der Waals surface area contributed by atoms with E-state index in [0.717, 1.165) is 32.3 Å². The van der Waals surface area contributed by atoms with Crippen molar-refractivity contribution in [2.24, 2.45) is 0 Å². The van der Waals surface area contributed by atoms with Crippen LogP contribution in [0.2, 0.25) is 0 Å². The number of sulfonamides is 1. The zero-order chi connectivity index (χ0) is 32.7. The van der Waals surface area contributed by atoms with E-state index in [1.165, 1.54) is 9.21 Å². The molecule has 4 aromatic rings. The first-order valence-electron chi connectivity index (χ1n) is 14.9. The van der Waals surface area contributed by atoms with Gasteiger partial charge in [0.25, 0.3) is 10.0 Å². The molecule has 0 aliphatic rings. The lowest BCUT2D eigenvalue weighted by molar-refractivity contribution is -0.140. The third-order valence-corrected chi connectivity index (χ3v) is 9.72. The Morgan fingerprint density at radius 3 is 2.07 bits per heavy atom. The normalized spacial score (nSPS) is 12.1. The molecule has 9 heteroatoms. The second-order valence-corrected chi connectivity index (χ2v) is 14.4. The minimum Gasteiger partial charge on any atom is -0.352 e. The fourth-order valence-electron chi connectivity index (χ4n) is 5.20. The molecule has 0 aliphatic carbocycles. The van der Waals surface area contributed by atoms with Crippen LogP contribution in [0.1, 0.15) is 41.7 Å². The van der Waals surface area contributed by atoms with Crippen LogP contribution in [-0.2, 0) is 32.6 Å². The third-order valence-electron chi connectivity index (χ3n) is 7.45. The summed E-state index contributed by atoms with van der Waals surface area (Å²) in [5.41, 5.74) is 4.70. The minimum absolute atomic E-state index is 0.0813. The van der Waals surface area contributed by atoms with E-state index in [9.17, 15) is 18.0 Å². The fourth-order valence-corrected chi connectivity index (χ4v) is 7.13. The number of carbonyl (C=O) groups excluding carboxylic acids is 2. The Kier molecular flexibility index (Phi) is 11.2. The van der Waals surface area contributed by atoms with E-state index in [1.54, 1.807) is 30.3 Å². The number of amides is 2. The first kappa shape index (κ1) is 33.9. The number of hydrogen-bond donors (Lipinski definition) is 1. The highest BCUT2D eigenvalue weighted by atomic mass is 79.9. The Morgan fingerprint density at radius 1 is 0.800 bits per heavy atom. The summed E-state index contributed by atoms with van der Waals surface area (Å²) < 4.78 is 30.5. The molecule has 236 valence electrons. The maximum atomic E-state index is 14.6. The zero-order valence-electron chi connectivity index (χ0n) is 26.3. The monoisotopic (exact) mass is 689 g/mol. The first-order chi connectivity index (χ1) is 21.3. The Labute approximate surface area is 275 Å². The summed E-state index contributed by atoms with van der Waals surface area (Å²) in [5, 5.41) is 2.98. The van der Waals surface area contributed by atoms with Gasteiger partial charge >= 0.3 is 0 Å². The van der Waals surface area contributed by atoms with Crippen molar-refractivity contribution in [1.29, 1.82) is 0 Å². The van der Waals surface area contributed by atoms with Gasteiger partial charge in [0.2, 0.25) is 11.8 Å². The van der Waals surface area contributed by atoms with E-state index >= 15 is 0 Å². The number of benzene rings is 4. The van der Waals surface area contributed by atoms with Crippen molar-refractivity contribution >= 4 is 43.5 Å². The maximum absolute atomic E-state index is 14.6. The molecule has 0 saturated carbocycles. The lowest BCUT2D eigenvalue weighted by Gasteiger charge is -2.34. The van der Waals surface area contributed by atoms with Crippen LogP contribution in [0.25, 0.3) is 0 Å². The molecule has 0 fully saturated rings.